The highest BCUT2D eigenvalue weighted by molar-refractivity contribution is 5.95. The van der Waals surface area contributed by atoms with Crippen molar-refractivity contribution in [2.75, 3.05) is 51.8 Å². The van der Waals surface area contributed by atoms with Crippen LogP contribution in [0.5, 0.6) is 11.5 Å². The van der Waals surface area contributed by atoms with Crippen LogP contribution in [0.2, 0.25) is 0 Å². The SMILES string of the molecule is COc1ccc(OCC[NH+]2CC[NH+]([C@H](C)C(=O)Nc3c(C)cc(C)cc3C)CC2)cc1. The zero-order chi connectivity index (χ0) is 22.4. The van der Waals surface area contributed by atoms with Crippen LogP contribution in [0.25, 0.3) is 0 Å². The van der Waals surface area contributed by atoms with Crippen molar-refractivity contribution in [3.05, 3.63) is 53.1 Å². The second-order valence-electron chi connectivity index (χ2n) is 8.67. The van der Waals surface area contributed by atoms with Crippen LogP contribution >= 0.6 is 0 Å². The van der Waals surface area contributed by atoms with E-state index in [0.717, 1.165) is 61.0 Å². The Morgan fingerprint density at radius 3 is 2.16 bits per heavy atom. The van der Waals surface area contributed by atoms with Crippen LogP contribution in [-0.4, -0.2) is 58.4 Å². The molecular formula is C25H37N3O3+2. The van der Waals surface area contributed by atoms with Gasteiger partial charge in [-0.2, -0.15) is 0 Å². The van der Waals surface area contributed by atoms with Gasteiger partial charge in [-0.05, 0) is 63.1 Å². The molecule has 1 aliphatic rings. The van der Waals surface area contributed by atoms with Gasteiger partial charge < -0.3 is 24.6 Å². The summed E-state index contributed by atoms with van der Waals surface area (Å²) in [5.41, 5.74) is 4.43. The van der Waals surface area contributed by atoms with E-state index < -0.39 is 0 Å². The molecule has 0 aromatic heterocycles. The van der Waals surface area contributed by atoms with E-state index in [1.165, 1.54) is 15.4 Å². The molecule has 1 saturated heterocycles. The maximum absolute atomic E-state index is 12.9. The molecular weight excluding hydrogens is 390 g/mol. The van der Waals surface area contributed by atoms with Crippen molar-refractivity contribution in [3.63, 3.8) is 0 Å². The van der Waals surface area contributed by atoms with E-state index in [2.05, 4.69) is 38.2 Å². The Bertz CT molecular complexity index is 851. The van der Waals surface area contributed by atoms with E-state index in [-0.39, 0.29) is 11.9 Å². The van der Waals surface area contributed by atoms with Gasteiger partial charge in [-0.3, -0.25) is 4.79 Å². The Kier molecular flexibility index (Phi) is 7.93. The second-order valence-corrected chi connectivity index (χ2v) is 8.67. The molecule has 0 aliphatic carbocycles. The molecule has 2 aromatic rings. The Morgan fingerprint density at radius 2 is 1.58 bits per heavy atom. The molecule has 0 spiro atoms. The largest absolute Gasteiger partial charge is 0.497 e. The molecule has 1 heterocycles. The predicted molar refractivity (Wildman–Crippen MR) is 123 cm³/mol. The zero-order valence-corrected chi connectivity index (χ0v) is 19.5. The van der Waals surface area contributed by atoms with Crippen molar-refractivity contribution in [1.82, 2.24) is 0 Å². The first kappa shape index (κ1) is 23.1. The van der Waals surface area contributed by atoms with Gasteiger partial charge in [0.15, 0.2) is 6.04 Å². The topological polar surface area (TPSA) is 56.4 Å². The maximum atomic E-state index is 12.9. The molecule has 31 heavy (non-hydrogen) atoms. The number of hydrogen-bond donors (Lipinski definition) is 3. The average molecular weight is 428 g/mol. The number of piperazine rings is 1. The fraction of sp³-hybridized carbons (Fsp3) is 0.480. The third kappa shape index (κ3) is 6.21. The lowest BCUT2D eigenvalue weighted by molar-refractivity contribution is -1.02. The first-order valence-corrected chi connectivity index (χ1v) is 11.2. The van der Waals surface area contributed by atoms with E-state index in [4.69, 9.17) is 9.47 Å². The van der Waals surface area contributed by atoms with Gasteiger partial charge in [0.2, 0.25) is 0 Å². The molecule has 0 radical (unpaired) electrons. The fourth-order valence-corrected chi connectivity index (χ4v) is 4.39. The zero-order valence-electron chi connectivity index (χ0n) is 19.5. The predicted octanol–water partition coefficient (Wildman–Crippen LogP) is 0.810. The Morgan fingerprint density at radius 1 is 1.00 bits per heavy atom. The van der Waals surface area contributed by atoms with Gasteiger partial charge in [0.25, 0.3) is 5.91 Å². The Balaban J connectivity index is 1.42. The van der Waals surface area contributed by atoms with Crippen LogP contribution in [0.15, 0.2) is 36.4 Å². The highest BCUT2D eigenvalue weighted by Crippen LogP contribution is 2.22. The summed E-state index contributed by atoms with van der Waals surface area (Å²) in [5, 5.41) is 3.18. The number of rotatable bonds is 8. The van der Waals surface area contributed by atoms with Crippen LogP contribution in [-0.2, 0) is 4.79 Å². The number of carbonyl (C=O) groups excluding carboxylic acids is 1. The van der Waals surface area contributed by atoms with Crippen LogP contribution in [0, 0.1) is 20.8 Å². The highest BCUT2D eigenvalue weighted by atomic mass is 16.5. The molecule has 168 valence electrons. The van der Waals surface area contributed by atoms with Gasteiger partial charge in [-0.1, -0.05) is 17.7 Å². The summed E-state index contributed by atoms with van der Waals surface area (Å²) >= 11 is 0. The molecule has 1 aliphatic heterocycles. The third-order valence-electron chi connectivity index (χ3n) is 6.31. The molecule has 6 heteroatoms. The number of carbonyl (C=O) groups is 1. The number of nitrogens with one attached hydrogen (secondary N) is 3. The molecule has 1 amide bonds. The van der Waals surface area contributed by atoms with Crippen LogP contribution < -0.4 is 24.6 Å². The van der Waals surface area contributed by atoms with Gasteiger partial charge in [0.1, 0.15) is 50.8 Å². The minimum Gasteiger partial charge on any atom is -0.497 e. The molecule has 3 N–H and O–H groups in total. The van der Waals surface area contributed by atoms with E-state index in [1.54, 1.807) is 7.11 Å². The van der Waals surface area contributed by atoms with Gasteiger partial charge >= 0.3 is 0 Å². The normalized spacial score (nSPS) is 19.5. The van der Waals surface area contributed by atoms with Gasteiger partial charge in [0, 0.05) is 5.69 Å². The van der Waals surface area contributed by atoms with Gasteiger partial charge in [0.05, 0.1) is 7.11 Å². The van der Waals surface area contributed by atoms with E-state index >= 15 is 0 Å². The summed E-state index contributed by atoms with van der Waals surface area (Å²) in [7, 11) is 1.66. The highest BCUT2D eigenvalue weighted by Gasteiger charge is 2.31. The lowest BCUT2D eigenvalue weighted by atomic mass is 10.0. The third-order valence-corrected chi connectivity index (χ3v) is 6.31. The molecule has 0 bridgehead atoms. The number of anilines is 1. The first-order valence-electron chi connectivity index (χ1n) is 11.2. The number of quaternary nitrogens is 2. The summed E-state index contributed by atoms with van der Waals surface area (Å²) in [6, 6.07) is 11.9. The lowest BCUT2D eigenvalue weighted by Crippen LogP contribution is -3.30. The Hall–Kier alpha value is -2.57. The molecule has 2 aromatic carbocycles. The number of benzene rings is 2. The lowest BCUT2D eigenvalue weighted by Gasteiger charge is -2.32. The van der Waals surface area contributed by atoms with Crippen LogP contribution in [0.4, 0.5) is 5.69 Å². The number of methoxy groups -OCH3 is 1. The monoisotopic (exact) mass is 427 g/mol. The number of hydrogen-bond acceptors (Lipinski definition) is 3. The molecule has 1 fully saturated rings. The standard InChI is InChI=1S/C25H35N3O3/c1-18-16-19(2)24(20(3)17-18)26-25(29)21(4)28-12-10-27(11-13-28)14-15-31-23-8-6-22(30-5)7-9-23/h6-9,16-17,21H,10-15H2,1-5H3,(H,26,29)/p+2/t21-/m1/s1. The minimum atomic E-state index is -0.0581. The van der Waals surface area contributed by atoms with Gasteiger partial charge in [-0.25, -0.2) is 0 Å². The van der Waals surface area contributed by atoms with E-state index in [9.17, 15) is 4.79 Å². The second kappa shape index (κ2) is 10.6. The van der Waals surface area contributed by atoms with Crippen molar-refractivity contribution >= 4 is 11.6 Å². The minimum absolute atomic E-state index is 0.0581. The molecule has 0 saturated carbocycles. The summed E-state index contributed by atoms with van der Waals surface area (Å²) in [4.78, 5) is 15.8. The Labute approximate surface area is 186 Å². The van der Waals surface area contributed by atoms with Crippen molar-refractivity contribution in [2.24, 2.45) is 0 Å². The molecule has 6 nitrogen and oxygen atoms in total. The quantitative estimate of drug-likeness (QED) is 0.585. The average Bonchev–Trinajstić information content (AvgIpc) is 2.76. The number of ether oxygens (including phenoxy) is 2. The summed E-state index contributed by atoms with van der Waals surface area (Å²) in [6.07, 6.45) is 0. The summed E-state index contributed by atoms with van der Waals surface area (Å²) in [5.74, 6) is 1.82. The first-order chi connectivity index (χ1) is 14.9. The molecule has 3 rings (SSSR count). The van der Waals surface area contributed by atoms with Crippen molar-refractivity contribution in [3.8, 4) is 11.5 Å². The van der Waals surface area contributed by atoms with Crippen molar-refractivity contribution < 1.29 is 24.1 Å². The number of aryl methyl sites for hydroxylation is 3. The van der Waals surface area contributed by atoms with Gasteiger partial charge in [-0.15, -0.1) is 0 Å². The van der Waals surface area contributed by atoms with Crippen molar-refractivity contribution in [2.45, 2.75) is 33.7 Å². The smallest absolute Gasteiger partial charge is 0.282 e. The molecule has 0 unspecified atom stereocenters. The maximum Gasteiger partial charge on any atom is 0.282 e. The van der Waals surface area contributed by atoms with Crippen molar-refractivity contribution in [1.29, 1.82) is 0 Å². The summed E-state index contributed by atoms with van der Waals surface area (Å²) < 4.78 is 11.0. The number of amides is 1. The van der Waals surface area contributed by atoms with Crippen LogP contribution in [0.1, 0.15) is 23.6 Å². The van der Waals surface area contributed by atoms with Crippen LogP contribution in [0.3, 0.4) is 0 Å². The van der Waals surface area contributed by atoms with E-state index in [0.29, 0.717) is 6.61 Å². The molecule has 1 atom stereocenters. The fourth-order valence-electron chi connectivity index (χ4n) is 4.39. The van der Waals surface area contributed by atoms with E-state index in [1.807, 2.05) is 31.2 Å². The summed E-state index contributed by atoms with van der Waals surface area (Å²) in [6.45, 7) is 14.0.